The molecule has 1 saturated carbocycles. The van der Waals surface area contributed by atoms with Crippen LogP contribution in [0.15, 0.2) is 23.1 Å². The summed E-state index contributed by atoms with van der Waals surface area (Å²) in [5, 5.41) is 0. The van der Waals surface area contributed by atoms with E-state index in [1.165, 1.54) is 37.8 Å². The first-order chi connectivity index (χ1) is 9.53. The highest BCUT2D eigenvalue weighted by atomic mass is 32.2. The van der Waals surface area contributed by atoms with Gasteiger partial charge in [-0.2, -0.15) is 0 Å². The molecule has 1 fully saturated rings. The van der Waals surface area contributed by atoms with Crippen molar-refractivity contribution in [2.24, 2.45) is 11.7 Å². The van der Waals surface area contributed by atoms with Crippen molar-refractivity contribution in [2.45, 2.75) is 43.5 Å². The second-order valence-electron chi connectivity index (χ2n) is 5.29. The Morgan fingerprint density at radius 1 is 1.30 bits per heavy atom. The number of hydrogen-bond acceptors (Lipinski definition) is 3. The van der Waals surface area contributed by atoms with Crippen molar-refractivity contribution in [1.82, 2.24) is 4.72 Å². The van der Waals surface area contributed by atoms with E-state index in [1.54, 1.807) is 0 Å². The van der Waals surface area contributed by atoms with Crippen LogP contribution < -0.4 is 10.5 Å². The molecule has 1 aromatic rings. The van der Waals surface area contributed by atoms with Gasteiger partial charge in [0, 0.05) is 18.7 Å². The number of rotatable bonds is 6. The summed E-state index contributed by atoms with van der Waals surface area (Å²) in [7, 11) is -3.57. The lowest BCUT2D eigenvalue weighted by Gasteiger charge is -2.11. The number of nitrogens with one attached hydrogen (secondary N) is 1. The average molecular weight is 300 g/mol. The summed E-state index contributed by atoms with van der Waals surface area (Å²) in [5.74, 6) is 0.155. The maximum atomic E-state index is 13.3. The SMILES string of the molecule is NCc1cc(S(=O)(=O)NCCC2CCCC2)ccc1F. The van der Waals surface area contributed by atoms with Gasteiger partial charge >= 0.3 is 0 Å². The topological polar surface area (TPSA) is 72.2 Å². The molecule has 0 saturated heterocycles. The molecule has 1 aliphatic rings. The van der Waals surface area contributed by atoms with Gasteiger partial charge in [-0.25, -0.2) is 17.5 Å². The Hall–Kier alpha value is -0.980. The number of nitrogens with two attached hydrogens (primary N) is 1. The summed E-state index contributed by atoms with van der Waals surface area (Å²) < 4.78 is 40.1. The number of hydrogen-bond donors (Lipinski definition) is 2. The summed E-state index contributed by atoms with van der Waals surface area (Å²) in [6.07, 6.45) is 5.74. The predicted octanol–water partition coefficient (Wildman–Crippen LogP) is 2.14. The molecule has 112 valence electrons. The van der Waals surface area contributed by atoms with Gasteiger partial charge < -0.3 is 5.73 Å². The molecule has 0 spiro atoms. The van der Waals surface area contributed by atoms with Crippen LogP contribution in [0.4, 0.5) is 4.39 Å². The van der Waals surface area contributed by atoms with E-state index in [4.69, 9.17) is 5.73 Å². The Labute approximate surface area is 119 Å². The molecule has 0 amide bonds. The quantitative estimate of drug-likeness (QED) is 0.845. The number of benzene rings is 1. The van der Waals surface area contributed by atoms with Crippen LogP contribution in [-0.2, 0) is 16.6 Å². The van der Waals surface area contributed by atoms with E-state index < -0.39 is 15.8 Å². The fourth-order valence-corrected chi connectivity index (χ4v) is 3.75. The highest BCUT2D eigenvalue weighted by molar-refractivity contribution is 7.89. The molecule has 1 aliphatic carbocycles. The molecule has 20 heavy (non-hydrogen) atoms. The minimum atomic E-state index is -3.57. The van der Waals surface area contributed by atoms with Crippen molar-refractivity contribution in [1.29, 1.82) is 0 Å². The lowest BCUT2D eigenvalue weighted by Crippen LogP contribution is -2.26. The van der Waals surface area contributed by atoms with E-state index in [0.717, 1.165) is 12.5 Å². The lowest BCUT2D eigenvalue weighted by atomic mass is 10.1. The van der Waals surface area contributed by atoms with Crippen molar-refractivity contribution in [3.05, 3.63) is 29.6 Å². The first-order valence-corrected chi connectivity index (χ1v) is 8.49. The van der Waals surface area contributed by atoms with Gasteiger partial charge in [-0.3, -0.25) is 0 Å². The van der Waals surface area contributed by atoms with Crippen molar-refractivity contribution < 1.29 is 12.8 Å². The second kappa shape index (κ2) is 6.65. The standard InChI is InChI=1S/C14H21FN2O2S/c15-14-6-5-13(9-12(14)10-16)20(18,19)17-8-7-11-3-1-2-4-11/h5-6,9,11,17H,1-4,7-8,10,16H2. The van der Waals surface area contributed by atoms with Gasteiger partial charge in [-0.15, -0.1) is 0 Å². The van der Waals surface area contributed by atoms with Gasteiger partial charge in [0.05, 0.1) is 4.90 Å². The summed E-state index contributed by atoms with van der Waals surface area (Å²) in [4.78, 5) is 0.0748. The van der Waals surface area contributed by atoms with Crippen LogP contribution in [-0.4, -0.2) is 15.0 Å². The van der Waals surface area contributed by atoms with Crippen molar-refractivity contribution in [3.63, 3.8) is 0 Å². The average Bonchev–Trinajstić information content (AvgIpc) is 2.92. The molecule has 3 N–H and O–H groups in total. The summed E-state index contributed by atoms with van der Waals surface area (Å²) >= 11 is 0. The van der Waals surface area contributed by atoms with Crippen LogP contribution in [0.1, 0.15) is 37.7 Å². The highest BCUT2D eigenvalue weighted by Crippen LogP contribution is 2.27. The third-order valence-electron chi connectivity index (χ3n) is 3.87. The Kier molecular flexibility index (Phi) is 5.12. The van der Waals surface area contributed by atoms with E-state index in [2.05, 4.69) is 4.72 Å². The zero-order valence-corrected chi connectivity index (χ0v) is 12.3. The van der Waals surface area contributed by atoms with Gasteiger partial charge in [0.15, 0.2) is 0 Å². The Bertz CT molecular complexity index is 554. The molecular weight excluding hydrogens is 279 g/mol. The Morgan fingerprint density at radius 2 is 2.00 bits per heavy atom. The fourth-order valence-electron chi connectivity index (χ4n) is 2.65. The summed E-state index contributed by atoms with van der Waals surface area (Å²) in [5.41, 5.74) is 5.60. The largest absolute Gasteiger partial charge is 0.326 e. The maximum absolute atomic E-state index is 13.3. The van der Waals surface area contributed by atoms with E-state index in [1.807, 2.05) is 0 Å². The molecule has 0 aliphatic heterocycles. The summed E-state index contributed by atoms with van der Waals surface area (Å²) in [6.45, 7) is 0.416. The highest BCUT2D eigenvalue weighted by Gasteiger charge is 2.18. The third kappa shape index (κ3) is 3.77. The van der Waals surface area contributed by atoms with Crippen molar-refractivity contribution >= 4 is 10.0 Å². The molecule has 0 atom stereocenters. The van der Waals surface area contributed by atoms with Gasteiger partial charge in [-0.05, 0) is 30.5 Å². The molecule has 4 nitrogen and oxygen atoms in total. The fraction of sp³-hybridized carbons (Fsp3) is 0.571. The van der Waals surface area contributed by atoms with Crippen LogP contribution in [0.2, 0.25) is 0 Å². The van der Waals surface area contributed by atoms with Crippen molar-refractivity contribution in [3.8, 4) is 0 Å². The third-order valence-corrected chi connectivity index (χ3v) is 5.33. The molecule has 0 aromatic heterocycles. The molecular formula is C14H21FN2O2S. The van der Waals surface area contributed by atoms with E-state index in [9.17, 15) is 12.8 Å². The Morgan fingerprint density at radius 3 is 2.65 bits per heavy atom. The Balaban J connectivity index is 1.98. The predicted molar refractivity (Wildman–Crippen MR) is 76.1 cm³/mol. The minimum Gasteiger partial charge on any atom is -0.326 e. The van der Waals surface area contributed by atoms with Crippen molar-refractivity contribution in [2.75, 3.05) is 6.54 Å². The monoisotopic (exact) mass is 300 g/mol. The zero-order valence-electron chi connectivity index (χ0n) is 11.4. The molecule has 0 unspecified atom stereocenters. The molecule has 2 rings (SSSR count). The van der Waals surface area contributed by atoms with Gasteiger partial charge in [0.1, 0.15) is 5.82 Å². The first kappa shape index (κ1) is 15.4. The summed E-state index contributed by atoms with van der Waals surface area (Å²) in [6, 6.07) is 3.72. The number of halogens is 1. The number of sulfonamides is 1. The lowest BCUT2D eigenvalue weighted by molar-refractivity contribution is 0.495. The van der Waals surface area contributed by atoms with E-state index in [0.29, 0.717) is 12.5 Å². The van der Waals surface area contributed by atoms with Gasteiger partial charge in [-0.1, -0.05) is 25.7 Å². The molecule has 0 heterocycles. The van der Waals surface area contributed by atoms with Crippen LogP contribution in [0.3, 0.4) is 0 Å². The van der Waals surface area contributed by atoms with Gasteiger partial charge in [0.25, 0.3) is 0 Å². The van der Waals surface area contributed by atoms with Crippen LogP contribution >= 0.6 is 0 Å². The molecule has 1 aromatic carbocycles. The maximum Gasteiger partial charge on any atom is 0.240 e. The zero-order chi connectivity index (χ0) is 14.6. The minimum absolute atomic E-state index is 0.0166. The normalized spacial score (nSPS) is 16.7. The van der Waals surface area contributed by atoms with Crippen LogP contribution in [0.5, 0.6) is 0 Å². The van der Waals surface area contributed by atoms with E-state index in [-0.39, 0.29) is 17.0 Å². The van der Waals surface area contributed by atoms with Crippen LogP contribution in [0, 0.1) is 11.7 Å². The molecule has 0 radical (unpaired) electrons. The first-order valence-electron chi connectivity index (χ1n) is 7.01. The second-order valence-corrected chi connectivity index (χ2v) is 7.06. The van der Waals surface area contributed by atoms with Crippen LogP contribution in [0.25, 0.3) is 0 Å². The smallest absolute Gasteiger partial charge is 0.240 e. The molecule has 6 heteroatoms. The van der Waals surface area contributed by atoms with Gasteiger partial charge in [0.2, 0.25) is 10.0 Å². The van der Waals surface area contributed by atoms with E-state index >= 15 is 0 Å². The molecule has 0 bridgehead atoms.